The summed E-state index contributed by atoms with van der Waals surface area (Å²) < 4.78 is 0. The first-order valence-electron chi connectivity index (χ1n) is 11.5. The number of aromatic nitrogens is 2. The molecule has 0 spiro atoms. The summed E-state index contributed by atoms with van der Waals surface area (Å²) in [6, 6.07) is 10.3. The summed E-state index contributed by atoms with van der Waals surface area (Å²) in [5, 5.41) is 13.2. The molecule has 8 nitrogen and oxygen atoms in total. The second-order valence-corrected chi connectivity index (χ2v) is 9.47. The number of hydrogen-bond donors (Lipinski definition) is 1. The van der Waals surface area contributed by atoms with E-state index in [1.54, 1.807) is 4.90 Å². The molecule has 0 unspecified atom stereocenters. The van der Waals surface area contributed by atoms with E-state index in [1.807, 2.05) is 18.2 Å². The molecule has 9 heteroatoms. The number of piperidine rings is 2. The number of anilines is 3. The van der Waals surface area contributed by atoms with E-state index in [2.05, 4.69) is 44.5 Å². The molecule has 1 aromatic heterocycles. The van der Waals surface area contributed by atoms with Gasteiger partial charge in [0.2, 0.25) is 22.1 Å². The highest BCUT2D eigenvalue weighted by atomic mass is 32.1. The molecule has 2 amide bonds. The zero-order chi connectivity index (χ0) is 22.3. The Bertz CT molecular complexity index is 897. The van der Waals surface area contributed by atoms with Crippen LogP contribution in [0.25, 0.3) is 0 Å². The van der Waals surface area contributed by atoms with Crippen molar-refractivity contribution < 1.29 is 9.59 Å². The molecule has 172 valence electrons. The summed E-state index contributed by atoms with van der Waals surface area (Å²) in [6.07, 6.45) is 5.11. The molecular formula is C23H32N6O2S. The molecule has 32 heavy (non-hydrogen) atoms. The maximum absolute atomic E-state index is 12.6. The van der Waals surface area contributed by atoms with Crippen LogP contribution in [-0.4, -0.2) is 61.8 Å². The molecule has 0 atom stereocenters. The number of carbonyl (C=O) groups excluding carboxylic acids is 2. The molecular weight excluding hydrogens is 424 g/mol. The highest BCUT2D eigenvalue weighted by molar-refractivity contribution is 7.19. The van der Waals surface area contributed by atoms with Gasteiger partial charge >= 0.3 is 0 Å². The van der Waals surface area contributed by atoms with Gasteiger partial charge in [0.05, 0.1) is 0 Å². The van der Waals surface area contributed by atoms with Gasteiger partial charge in [0.1, 0.15) is 0 Å². The lowest BCUT2D eigenvalue weighted by Crippen LogP contribution is -2.41. The van der Waals surface area contributed by atoms with E-state index in [0.717, 1.165) is 63.4 Å². The number of amides is 2. The Balaban J connectivity index is 1.18. The average Bonchev–Trinajstić information content (AvgIpc) is 3.32. The Kier molecular flexibility index (Phi) is 7.57. The predicted molar refractivity (Wildman–Crippen MR) is 128 cm³/mol. The summed E-state index contributed by atoms with van der Waals surface area (Å²) in [7, 11) is 2.08. The number of rotatable bonds is 8. The molecule has 2 fully saturated rings. The molecule has 2 aliphatic heterocycles. The van der Waals surface area contributed by atoms with E-state index in [1.165, 1.54) is 17.0 Å². The minimum atomic E-state index is 0.0502. The molecule has 2 saturated heterocycles. The van der Waals surface area contributed by atoms with Gasteiger partial charge in [-0.1, -0.05) is 29.5 Å². The normalized spacial score (nSPS) is 17.5. The molecule has 4 rings (SSSR count). The Morgan fingerprint density at radius 2 is 1.88 bits per heavy atom. The Hall–Kier alpha value is -2.68. The summed E-state index contributed by atoms with van der Waals surface area (Å²) in [5.74, 6) is 0.349. The molecule has 1 N–H and O–H groups in total. The zero-order valence-electron chi connectivity index (χ0n) is 18.7. The third-order valence-electron chi connectivity index (χ3n) is 6.26. The fourth-order valence-electron chi connectivity index (χ4n) is 4.27. The van der Waals surface area contributed by atoms with E-state index < -0.39 is 0 Å². The van der Waals surface area contributed by atoms with Crippen molar-refractivity contribution in [3.8, 4) is 0 Å². The van der Waals surface area contributed by atoms with E-state index in [-0.39, 0.29) is 17.7 Å². The van der Waals surface area contributed by atoms with Crippen LogP contribution >= 0.6 is 11.3 Å². The van der Waals surface area contributed by atoms with Gasteiger partial charge in [-0.25, -0.2) is 0 Å². The number of carbonyl (C=O) groups is 2. The van der Waals surface area contributed by atoms with Crippen LogP contribution in [0.4, 0.5) is 16.0 Å². The van der Waals surface area contributed by atoms with E-state index >= 15 is 0 Å². The van der Waals surface area contributed by atoms with Gasteiger partial charge in [0, 0.05) is 57.8 Å². The van der Waals surface area contributed by atoms with Crippen LogP contribution in [0.1, 0.15) is 38.5 Å². The first kappa shape index (κ1) is 22.5. The fraction of sp³-hybridized carbons (Fsp3) is 0.565. The number of nitrogens with one attached hydrogen (secondary N) is 1. The van der Waals surface area contributed by atoms with Gasteiger partial charge in [-0.05, 0) is 44.2 Å². The maximum atomic E-state index is 12.6. The zero-order valence-corrected chi connectivity index (χ0v) is 19.5. The van der Waals surface area contributed by atoms with Gasteiger partial charge in [0.15, 0.2) is 0 Å². The summed E-state index contributed by atoms with van der Waals surface area (Å²) in [6.45, 7) is 3.91. The lowest BCUT2D eigenvalue weighted by atomic mass is 9.96. The number of hydrogen-bond acceptors (Lipinski definition) is 7. The van der Waals surface area contributed by atoms with E-state index in [9.17, 15) is 9.59 Å². The van der Waals surface area contributed by atoms with Gasteiger partial charge in [-0.15, -0.1) is 10.2 Å². The van der Waals surface area contributed by atoms with Gasteiger partial charge in [0.25, 0.3) is 0 Å². The quantitative estimate of drug-likeness (QED) is 0.615. The fourth-order valence-corrected chi connectivity index (χ4v) is 5.21. The lowest BCUT2D eigenvalue weighted by molar-refractivity contribution is -0.125. The van der Waals surface area contributed by atoms with Crippen LogP contribution < -0.4 is 20.0 Å². The van der Waals surface area contributed by atoms with Crippen molar-refractivity contribution in [3.05, 3.63) is 30.3 Å². The van der Waals surface area contributed by atoms with Crippen LogP contribution in [0, 0.1) is 5.92 Å². The molecule has 3 heterocycles. The minimum absolute atomic E-state index is 0.0502. The Morgan fingerprint density at radius 3 is 2.62 bits per heavy atom. The second-order valence-electron chi connectivity index (χ2n) is 8.53. The number of nitrogens with zero attached hydrogens (tertiary/aromatic N) is 5. The van der Waals surface area contributed by atoms with Crippen LogP contribution in [0.5, 0.6) is 0 Å². The first-order valence-corrected chi connectivity index (χ1v) is 12.4. The molecule has 2 aliphatic rings. The van der Waals surface area contributed by atoms with Crippen molar-refractivity contribution in [2.45, 2.75) is 38.5 Å². The van der Waals surface area contributed by atoms with Crippen LogP contribution in [-0.2, 0) is 9.59 Å². The monoisotopic (exact) mass is 456 g/mol. The maximum Gasteiger partial charge on any atom is 0.228 e. The third kappa shape index (κ3) is 5.56. The van der Waals surface area contributed by atoms with Crippen molar-refractivity contribution in [2.24, 2.45) is 5.92 Å². The van der Waals surface area contributed by atoms with Crippen molar-refractivity contribution in [3.63, 3.8) is 0 Å². The number of benzene rings is 1. The number of para-hydroxylation sites is 1. The summed E-state index contributed by atoms with van der Waals surface area (Å²) >= 11 is 1.48. The average molecular weight is 457 g/mol. The lowest BCUT2D eigenvalue weighted by Gasteiger charge is -2.30. The van der Waals surface area contributed by atoms with Crippen molar-refractivity contribution in [1.82, 2.24) is 15.5 Å². The SMILES string of the molecule is CN(CCCNC(=O)C1CCN(c2nnc(N3CCCCC3=O)s2)CC1)c1ccccc1. The minimum Gasteiger partial charge on any atom is -0.375 e. The summed E-state index contributed by atoms with van der Waals surface area (Å²) in [4.78, 5) is 30.9. The van der Waals surface area contributed by atoms with Crippen molar-refractivity contribution >= 4 is 39.1 Å². The Morgan fingerprint density at radius 1 is 1.12 bits per heavy atom. The third-order valence-corrected chi connectivity index (χ3v) is 7.27. The van der Waals surface area contributed by atoms with E-state index in [0.29, 0.717) is 18.1 Å². The molecule has 0 saturated carbocycles. The summed E-state index contributed by atoms with van der Waals surface area (Å²) in [5.41, 5.74) is 1.19. The topological polar surface area (TPSA) is 81.7 Å². The predicted octanol–water partition coefficient (Wildman–Crippen LogP) is 2.91. The van der Waals surface area contributed by atoms with Gasteiger partial charge in [-0.2, -0.15) is 0 Å². The molecule has 0 bridgehead atoms. The largest absolute Gasteiger partial charge is 0.375 e. The highest BCUT2D eigenvalue weighted by Gasteiger charge is 2.28. The van der Waals surface area contributed by atoms with Gasteiger partial charge in [-0.3, -0.25) is 14.5 Å². The first-order chi connectivity index (χ1) is 15.6. The molecule has 2 aromatic rings. The van der Waals surface area contributed by atoms with E-state index in [4.69, 9.17) is 0 Å². The van der Waals surface area contributed by atoms with Gasteiger partial charge < -0.3 is 15.1 Å². The van der Waals surface area contributed by atoms with Crippen LogP contribution in [0.2, 0.25) is 0 Å². The molecule has 0 aliphatic carbocycles. The second kappa shape index (κ2) is 10.8. The van der Waals surface area contributed by atoms with Crippen molar-refractivity contribution in [1.29, 1.82) is 0 Å². The standard InChI is InChI=1S/C23H32N6O2S/c1-27(19-8-3-2-4-9-19)14-7-13-24-21(31)18-11-16-28(17-12-18)22-25-26-23(32-22)29-15-6-5-10-20(29)30/h2-4,8-9,18H,5-7,10-17H2,1H3,(H,24,31). The van der Waals surface area contributed by atoms with Crippen LogP contribution in [0.15, 0.2) is 30.3 Å². The van der Waals surface area contributed by atoms with Crippen LogP contribution in [0.3, 0.4) is 0 Å². The highest BCUT2D eigenvalue weighted by Crippen LogP contribution is 2.31. The Labute approximate surface area is 193 Å². The molecule has 1 aromatic carbocycles. The smallest absolute Gasteiger partial charge is 0.228 e. The molecule has 0 radical (unpaired) electrons. The van der Waals surface area contributed by atoms with Crippen molar-refractivity contribution in [2.75, 3.05) is 54.5 Å².